The van der Waals surface area contributed by atoms with Crippen LogP contribution in [-0.2, 0) is 20.8 Å². The topological polar surface area (TPSA) is 99.6 Å². The summed E-state index contributed by atoms with van der Waals surface area (Å²) in [6.07, 6.45) is 9.97. The average Bonchev–Trinajstić information content (AvgIpc) is 2.68. The highest BCUT2D eigenvalue weighted by atomic mass is 16.4. The molecule has 28 heavy (non-hydrogen) atoms. The highest BCUT2D eigenvalue weighted by Crippen LogP contribution is 2.06. The second-order valence-electron chi connectivity index (χ2n) is 6.18. The maximum atomic E-state index is 12.3. The van der Waals surface area contributed by atoms with Crippen LogP contribution in [0.25, 0.3) is 0 Å². The molecule has 0 saturated heterocycles. The summed E-state index contributed by atoms with van der Waals surface area (Å²) in [5.41, 5.74) is 1.13. The van der Waals surface area contributed by atoms with Crippen molar-refractivity contribution < 1.29 is 19.5 Å². The maximum Gasteiger partial charge on any atom is 0.305 e. The van der Waals surface area contributed by atoms with Crippen molar-refractivity contribution in [2.45, 2.75) is 52.9 Å². The number of aryl methyl sites for hydroxylation is 1. The number of hydrogen-bond acceptors (Lipinski definition) is 4. The summed E-state index contributed by atoms with van der Waals surface area (Å²) >= 11 is 0. The van der Waals surface area contributed by atoms with Gasteiger partial charge in [-0.25, -0.2) is 0 Å². The van der Waals surface area contributed by atoms with E-state index >= 15 is 0 Å². The van der Waals surface area contributed by atoms with Crippen LogP contribution in [0.5, 0.6) is 0 Å². The Morgan fingerprint density at radius 1 is 1.14 bits per heavy atom. The van der Waals surface area contributed by atoms with Crippen LogP contribution in [0.2, 0.25) is 0 Å². The van der Waals surface area contributed by atoms with Crippen molar-refractivity contribution in [1.29, 1.82) is 0 Å². The number of pyridine rings is 1. The summed E-state index contributed by atoms with van der Waals surface area (Å²) in [5.74, 6) is -1.35. The number of carboxylic acids is 1. The standard InChI is InChI=1S/C17H25N3O4.C4H8/c1-2-12-20(13-15(21)19-11-8-17(23)24)16(22)5-3-4-14-6-9-18-10-7-14;1-3-4-2/h6-7,9-10H,2-5,8,11-13H2,1H3,(H,19,21)(H,23,24);3-4H,1-2H3/b;4-3-. The van der Waals surface area contributed by atoms with Gasteiger partial charge in [0.05, 0.1) is 13.0 Å². The second-order valence-corrected chi connectivity index (χ2v) is 6.18. The van der Waals surface area contributed by atoms with Crippen LogP contribution in [0.3, 0.4) is 0 Å². The van der Waals surface area contributed by atoms with E-state index in [1.165, 1.54) is 4.90 Å². The van der Waals surface area contributed by atoms with Crippen molar-refractivity contribution in [3.05, 3.63) is 42.2 Å². The van der Waals surface area contributed by atoms with Crippen molar-refractivity contribution in [1.82, 2.24) is 15.2 Å². The number of carbonyl (C=O) groups is 3. The Morgan fingerprint density at radius 2 is 1.79 bits per heavy atom. The largest absolute Gasteiger partial charge is 0.481 e. The highest BCUT2D eigenvalue weighted by molar-refractivity contribution is 5.85. The Bertz CT molecular complexity index is 599. The summed E-state index contributed by atoms with van der Waals surface area (Å²) in [5, 5.41) is 11.1. The van der Waals surface area contributed by atoms with Crippen molar-refractivity contribution in [2.24, 2.45) is 0 Å². The van der Waals surface area contributed by atoms with Crippen molar-refractivity contribution in [2.75, 3.05) is 19.6 Å². The molecule has 156 valence electrons. The quantitative estimate of drug-likeness (QED) is 0.565. The fraction of sp³-hybridized carbons (Fsp3) is 0.524. The first-order valence-electron chi connectivity index (χ1n) is 9.67. The number of nitrogens with zero attached hydrogens (tertiary/aromatic N) is 2. The van der Waals surface area contributed by atoms with Gasteiger partial charge in [0, 0.05) is 31.9 Å². The zero-order valence-corrected chi connectivity index (χ0v) is 17.2. The minimum atomic E-state index is -0.965. The molecule has 0 aliphatic carbocycles. The third kappa shape index (κ3) is 13.5. The monoisotopic (exact) mass is 391 g/mol. The molecule has 0 saturated carbocycles. The van der Waals surface area contributed by atoms with Crippen LogP contribution in [0.15, 0.2) is 36.7 Å². The van der Waals surface area contributed by atoms with E-state index in [0.717, 1.165) is 18.4 Å². The molecular formula is C21H33N3O4. The van der Waals surface area contributed by atoms with E-state index in [9.17, 15) is 14.4 Å². The van der Waals surface area contributed by atoms with Gasteiger partial charge in [-0.15, -0.1) is 0 Å². The first-order chi connectivity index (χ1) is 13.4. The average molecular weight is 392 g/mol. The number of nitrogens with one attached hydrogen (secondary N) is 1. The molecular weight excluding hydrogens is 358 g/mol. The molecule has 0 atom stereocenters. The van der Waals surface area contributed by atoms with Gasteiger partial charge in [-0.1, -0.05) is 19.1 Å². The SMILES string of the molecule is C/C=C\C.CCCN(CC(=O)NCCC(=O)O)C(=O)CCCc1ccncc1. The molecule has 7 nitrogen and oxygen atoms in total. The molecule has 0 fully saturated rings. The lowest BCUT2D eigenvalue weighted by Crippen LogP contribution is -2.41. The third-order valence-electron chi connectivity index (χ3n) is 3.78. The van der Waals surface area contributed by atoms with E-state index in [2.05, 4.69) is 10.3 Å². The second kappa shape index (κ2) is 16.5. The van der Waals surface area contributed by atoms with Crippen LogP contribution in [0.1, 0.15) is 52.0 Å². The minimum Gasteiger partial charge on any atom is -0.481 e. The number of allylic oxidation sites excluding steroid dienone is 2. The Hall–Kier alpha value is -2.70. The fourth-order valence-corrected chi connectivity index (χ4v) is 2.25. The molecule has 2 amide bonds. The van der Waals surface area contributed by atoms with Gasteiger partial charge < -0.3 is 15.3 Å². The molecule has 0 unspecified atom stereocenters. The first-order valence-corrected chi connectivity index (χ1v) is 9.67. The van der Waals surface area contributed by atoms with Crippen molar-refractivity contribution in [3.8, 4) is 0 Å². The molecule has 1 aromatic rings. The van der Waals surface area contributed by atoms with Crippen LogP contribution in [0.4, 0.5) is 0 Å². The summed E-state index contributed by atoms with van der Waals surface area (Å²) in [7, 11) is 0. The maximum absolute atomic E-state index is 12.3. The van der Waals surface area contributed by atoms with Gasteiger partial charge in [-0.2, -0.15) is 0 Å². The van der Waals surface area contributed by atoms with Gasteiger partial charge in [-0.05, 0) is 50.8 Å². The molecule has 0 aliphatic heterocycles. The van der Waals surface area contributed by atoms with Gasteiger partial charge in [0.2, 0.25) is 11.8 Å². The normalized spacial score (nSPS) is 10.1. The van der Waals surface area contributed by atoms with Gasteiger partial charge in [0.25, 0.3) is 0 Å². The van der Waals surface area contributed by atoms with E-state index < -0.39 is 5.97 Å². The first kappa shape index (κ1) is 25.3. The predicted molar refractivity (Wildman–Crippen MR) is 110 cm³/mol. The molecule has 0 aromatic carbocycles. The predicted octanol–water partition coefficient (Wildman–Crippen LogP) is 2.82. The van der Waals surface area contributed by atoms with Gasteiger partial charge in [0.1, 0.15) is 0 Å². The number of carboxylic acid groups (broad SMARTS) is 1. The number of hydrogen-bond donors (Lipinski definition) is 2. The smallest absolute Gasteiger partial charge is 0.305 e. The van der Waals surface area contributed by atoms with Crippen LogP contribution in [-0.4, -0.2) is 52.4 Å². The minimum absolute atomic E-state index is 0.0262. The molecule has 0 spiro atoms. The molecule has 0 aliphatic rings. The molecule has 7 heteroatoms. The number of aliphatic carboxylic acids is 1. The Balaban J connectivity index is 0.00000165. The molecule has 1 aromatic heterocycles. The molecule has 0 bridgehead atoms. The van der Waals surface area contributed by atoms with Gasteiger partial charge in [0.15, 0.2) is 0 Å². The fourth-order valence-electron chi connectivity index (χ4n) is 2.25. The van der Waals surface area contributed by atoms with E-state index in [0.29, 0.717) is 19.4 Å². The lowest BCUT2D eigenvalue weighted by Gasteiger charge is -2.21. The molecule has 2 N–H and O–H groups in total. The van der Waals surface area contributed by atoms with Crippen LogP contribution < -0.4 is 5.32 Å². The summed E-state index contributed by atoms with van der Waals surface area (Å²) < 4.78 is 0. The lowest BCUT2D eigenvalue weighted by atomic mass is 10.1. The molecule has 0 radical (unpaired) electrons. The number of carbonyl (C=O) groups excluding carboxylic acids is 2. The Labute approximate surface area is 167 Å². The molecule has 1 rings (SSSR count). The van der Waals surface area contributed by atoms with Gasteiger partial charge in [-0.3, -0.25) is 19.4 Å². The summed E-state index contributed by atoms with van der Waals surface area (Å²) in [6.45, 7) is 6.51. The number of amides is 2. The van der Waals surface area contributed by atoms with E-state index in [1.807, 2.05) is 45.1 Å². The zero-order valence-electron chi connectivity index (χ0n) is 17.2. The summed E-state index contributed by atoms with van der Waals surface area (Å²) in [6, 6.07) is 3.84. The zero-order chi connectivity index (χ0) is 21.2. The van der Waals surface area contributed by atoms with E-state index in [-0.39, 0.29) is 31.3 Å². The van der Waals surface area contributed by atoms with Crippen molar-refractivity contribution >= 4 is 17.8 Å². The lowest BCUT2D eigenvalue weighted by molar-refractivity contribution is -0.138. The third-order valence-corrected chi connectivity index (χ3v) is 3.78. The Morgan fingerprint density at radius 3 is 2.32 bits per heavy atom. The van der Waals surface area contributed by atoms with Crippen molar-refractivity contribution in [3.63, 3.8) is 0 Å². The van der Waals surface area contributed by atoms with Crippen LogP contribution in [0, 0.1) is 0 Å². The number of rotatable bonds is 11. The van der Waals surface area contributed by atoms with Crippen LogP contribution >= 0.6 is 0 Å². The van der Waals surface area contributed by atoms with Gasteiger partial charge >= 0.3 is 5.97 Å². The highest BCUT2D eigenvalue weighted by Gasteiger charge is 2.16. The Kier molecular flexibility index (Phi) is 14.9. The summed E-state index contributed by atoms with van der Waals surface area (Å²) in [4.78, 5) is 40.0. The van der Waals surface area contributed by atoms with E-state index in [4.69, 9.17) is 5.11 Å². The number of aromatic nitrogens is 1. The molecule has 1 heterocycles. The van der Waals surface area contributed by atoms with E-state index in [1.54, 1.807) is 12.4 Å².